The van der Waals surface area contributed by atoms with E-state index in [2.05, 4.69) is 0 Å². The molecule has 8 atom stereocenters. The van der Waals surface area contributed by atoms with Crippen molar-refractivity contribution in [3.63, 3.8) is 0 Å². The van der Waals surface area contributed by atoms with Crippen molar-refractivity contribution in [3.05, 3.63) is 0 Å². The lowest BCUT2D eigenvalue weighted by Crippen LogP contribution is -2.59. The van der Waals surface area contributed by atoms with Gasteiger partial charge in [-0.05, 0) is 0 Å². The molecule has 11 nitrogen and oxygen atoms in total. The maximum absolute atomic E-state index is 11.6. The molecule has 0 aromatic carbocycles. The summed E-state index contributed by atoms with van der Waals surface area (Å²) < 4.78 is 9.85. The van der Waals surface area contributed by atoms with Crippen molar-refractivity contribution in [2.75, 3.05) is 19.8 Å². The number of carbonyl (C=O) groups excluding carboxylic acids is 1. The first-order valence-corrected chi connectivity index (χ1v) is 6.84. The van der Waals surface area contributed by atoms with Crippen molar-refractivity contribution in [1.82, 2.24) is 0 Å². The Labute approximate surface area is 130 Å². The molecule has 1 aliphatic rings. The average molecular weight is 342 g/mol. The van der Waals surface area contributed by atoms with E-state index >= 15 is 0 Å². The van der Waals surface area contributed by atoms with Gasteiger partial charge in [-0.25, -0.2) is 0 Å². The van der Waals surface area contributed by atoms with Gasteiger partial charge in [-0.2, -0.15) is 0 Å². The molecular formula is C12H22O11. The predicted molar refractivity (Wildman–Crippen MR) is 69.8 cm³/mol. The molecule has 1 heterocycles. The van der Waals surface area contributed by atoms with Crippen LogP contribution in [0.5, 0.6) is 0 Å². The Morgan fingerprint density at radius 3 is 2.17 bits per heavy atom. The Hall–Kier alpha value is -0.730. The van der Waals surface area contributed by atoms with Crippen LogP contribution in [0.1, 0.15) is 0 Å². The molecule has 11 heteroatoms. The second kappa shape index (κ2) is 8.94. The molecule has 1 saturated heterocycles. The van der Waals surface area contributed by atoms with E-state index in [1.807, 2.05) is 0 Å². The van der Waals surface area contributed by atoms with Crippen LogP contribution in [0.4, 0.5) is 0 Å². The van der Waals surface area contributed by atoms with E-state index in [1.54, 1.807) is 0 Å². The van der Waals surface area contributed by atoms with Gasteiger partial charge >= 0.3 is 0 Å². The highest BCUT2D eigenvalue weighted by atomic mass is 16.7. The number of hydrogen-bond donors (Lipinski definition) is 8. The second-order valence-electron chi connectivity index (χ2n) is 5.16. The fourth-order valence-corrected chi connectivity index (χ4v) is 1.96. The standard InChI is InChI=1S/C12H22O11/c13-1-4(15)7(17)8(18)5(16)3-22-12-11(21)10(20)9(19)6(2-14)23-12/h4,6-15,17-21H,1-3H2/t4-,6-,7-,8+,9-,10+,11-,12+/m1/s1. The zero-order valence-electron chi connectivity index (χ0n) is 12.0. The SMILES string of the molecule is O=C(CO[C@H]1O[C@H](CO)[C@@H](O)[C@H](O)[C@H]1O)[C@H](O)[C@H](O)[C@H](O)CO. The van der Waals surface area contributed by atoms with Gasteiger partial charge in [0.1, 0.15) is 49.3 Å². The van der Waals surface area contributed by atoms with Crippen LogP contribution in [0.15, 0.2) is 0 Å². The van der Waals surface area contributed by atoms with Gasteiger partial charge in [0.15, 0.2) is 12.1 Å². The van der Waals surface area contributed by atoms with Crippen molar-refractivity contribution in [2.24, 2.45) is 0 Å². The summed E-state index contributed by atoms with van der Waals surface area (Å²) in [4.78, 5) is 11.6. The lowest BCUT2D eigenvalue weighted by Gasteiger charge is -2.39. The maximum Gasteiger partial charge on any atom is 0.189 e. The van der Waals surface area contributed by atoms with E-state index in [9.17, 15) is 30.3 Å². The summed E-state index contributed by atoms with van der Waals surface area (Å²) in [7, 11) is 0. The van der Waals surface area contributed by atoms with E-state index in [0.29, 0.717) is 0 Å². The van der Waals surface area contributed by atoms with Gasteiger partial charge in [-0.3, -0.25) is 4.79 Å². The number of aliphatic hydroxyl groups excluding tert-OH is 8. The molecule has 0 unspecified atom stereocenters. The molecule has 0 aliphatic carbocycles. The van der Waals surface area contributed by atoms with Crippen LogP contribution in [-0.2, 0) is 14.3 Å². The van der Waals surface area contributed by atoms with Crippen molar-refractivity contribution in [3.8, 4) is 0 Å². The van der Waals surface area contributed by atoms with Crippen molar-refractivity contribution >= 4 is 5.78 Å². The third-order valence-corrected chi connectivity index (χ3v) is 3.47. The van der Waals surface area contributed by atoms with Crippen LogP contribution in [-0.4, -0.2) is 115 Å². The fraction of sp³-hybridized carbons (Fsp3) is 0.917. The quantitative estimate of drug-likeness (QED) is 0.209. The number of ketones is 1. The molecule has 0 bridgehead atoms. The molecule has 1 aliphatic heterocycles. The highest BCUT2D eigenvalue weighted by Crippen LogP contribution is 2.22. The van der Waals surface area contributed by atoms with Crippen molar-refractivity contribution < 1.29 is 55.1 Å². The molecule has 0 saturated carbocycles. The fourth-order valence-electron chi connectivity index (χ4n) is 1.96. The smallest absolute Gasteiger partial charge is 0.189 e. The Kier molecular flexibility index (Phi) is 7.89. The molecule has 8 N–H and O–H groups in total. The Bertz CT molecular complexity index is 376. The van der Waals surface area contributed by atoms with Gasteiger partial charge in [0.25, 0.3) is 0 Å². The van der Waals surface area contributed by atoms with Crippen LogP contribution in [0.3, 0.4) is 0 Å². The van der Waals surface area contributed by atoms with Crippen molar-refractivity contribution in [2.45, 2.75) is 49.0 Å². The maximum atomic E-state index is 11.6. The summed E-state index contributed by atoms with van der Waals surface area (Å²) >= 11 is 0. The van der Waals surface area contributed by atoms with E-state index in [0.717, 1.165) is 0 Å². The number of aliphatic hydroxyl groups is 8. The molecule has 1 rings (SSSR count). The zero-order chi connectivity index (χ0) is 17.7. The summed E-state index contributed by atoms with van der Waals surface area (Å²) in [6.07, 6.45) is -13.5. The number of ether oxygens (including phenoxy) is 2. The minimum Gasteiger partial charge on any atom is -0.394 e. The lowest BCUT2D eigenvalue weighted by atomic mass is 9.99. The summed E-state index contributed by atoms with van der Waals surface area (Å²) in [6.45, 7) is -2.42. The topological polar surface area (TPSA) is 197 Å². The molecule has 0 aromatic rings. The number of rotatable bonds is 8. The summed E-state index contributed by atoms with van der Waals surface area (Å²) in [6, 6.07) is 0. The van der Waals surface area contributed by atoms with E-state index in [1.165, 1.54) is 0 Å². The van der Waals surface area contributed by atoms with Gasteiger partial charge in [-0.15, -0.1) is 0 Å². The first-order chi connectivity index (χ1) is 10.7. The predicted octanol–water partition coefficient (Wildman–Crippen LogP) is -5.55. The van der Waals surface area contributed by atoms with Crippen LogP contribution < -0.4 is 0 Å². The summed E-state index contributed by atoms with van der Waals surface area (Å²) in [5.41, 5.74) is 0. The van der Waals surface area contributed by atoms with Gasteiger partial charge in [0.05, 0.1) is 13.2 Å². The molecule has 136 valence electrons. The second-order valence-corrected chi connectivity index (χ2v) is 5.16. The van der Waals surface area contributed by atoms with Crippen LogP contribution in [0.2, 0.25) is 0 Å². The number of Topliss-reactive ketones (excluding diaryl/α,β-unsaturated/α-hetero) is 1. The zero-order valence-corrected chi connectivity index (χ0v) is 12.0. The van der Waals surface area contributed by atoms with Gasteiger partial charge in [0, 0.05) is 0 Å². The van der Waals surface area contributed by atoms with Crippen LogP contribution >= 0.6 is 0 Å². The van der Waals surface area contributed by atoms with Gasteiger partial charge in [0.2, 0.25) is 0 Å². The van der Waals surface area contributed by atoms with E-state index in [-0.39, 0.29) is 0 Å². The Morgan fingerprint density at radius 2 is 1.65 bits per heavy atom. The molecule has 1 fully saturated rings. The Balaban J connectivity index is 2.57. The van der Waals surface area contributed by atoms with Crippen LogP contribution in [0.25, 0.3) is 0 Å². The molecule has 0 aromatic heterocycles. The average Bonchev–Trinajstić information content (AvgIpc) is 2.56. The van der Waals surface area contributed by atoms with Crippen LogP contribution in [0, 0.1) is 0 Å². The summed E-state index contributed by atoms with van der Waals surface area (Å²) in [5.74, 6) is -1.08. The normalized spacial score (nSPS) is 35.6. The number of carbonyl (C=O) groups is 1. The third-order valence-electron chi connectivity index (χ3n) is 3.47. The highest BCUT2D eigenvalue weighted by molar-refractivity contribution is 5.84. The largest absolute Gasteiger partial charge is 0.394 e. The van der Waals surface area contributed by atoms with E-state index in [4.69, 9.17) is 24.8 Å². The Morgan fingerprint density at radius 1 is 1.04 bits per heavy atom. The molecule has 0 amide bonds. The van der Waals surface area contributed by atoms with Gasteiger partial charge in [-0.1, -0.05) is 0 Å². The molecule has 23 heavy (non-hydrogen) atoms. The molecular weight excluding hydrogens is 320 g/mol. The van der Waals surface area contributed by atoms with E-state index < -0.39 is 74.6 Å². The summed E-state index contributed by atoms with van der Waals surface area (Å²) in [5, 5.41) is 74.4. The minimum atomic E-state index is -2.05. The lowest BCUT2D eigenvalue weighted by molar-refractivity contribution is -0.299. The third kappa shape index (κ3) is 4.87. The highest BCUT2D eigenvalue weighted by Gasteiger charge is 2.44. The van der Waals surface area contributed by atoms with Gasteiger partial charge < -0.3 is 50.3 Å². The molecule has 0 radical (unpaired) electrons. The molecule has 0 spiro atoms. The van der Waals surface area contributed by atoms with Crippen molar-refractivity contribution in [1.29, 1.82) is 0 Å². The first-order valence-electron chi connectivity index (χ1n) is 6.84. The first kappa shape index (κ1) is 20.3. The number of hydrogen-bond acceptors (Lipinski definition) is 11. The minimum absolute atomic E-state index is 0.678. The monoisotopic (exact) mass is 342 g/mol.